The molecule has 0 radical (unpaired) electrons. The normalized spacial score (nSPS) is 10.7. The summed E-state index contributed by atoms with van der Waals surface area (Å²) in [5, 5.41) is 4.82. The molecule has 0 spiro atoms. The first kappa shape index (κ1) is 18.1. The number of aromatic nitrogens is 2. The maximum absolute atomic E-state index is 12.3. The van der Waals surface area contributed by atoms with Crippen LogP contribution in [0.15, 0.2) is 73.1 Å². The van der Waals surface area contributed by atoms with Crippen molar-refractivity contribution in [1.82, 2.24) is 15.3 Å². The van der Waals surface area contributed by atoms with Crippen molar-refractivity contribution < 1.29 is 9.53 Å². The molecule has 1 N–H and O–H groups in total. The maximum Gasteiger partial charge on any atom is 0.263 e. The first-order valence-corrected chi connectivity index (χ1v) is 9.89. The molecule has 2 aromatic heterocycles. The van der Waals surface area contributed by atoms with Gasteiger partial charge in [-0.05, 0) is 18.6 Å². The number of hydrogen-bond donors (Lipinski definition) is 1. The first-order chi connectivity index (χ1) is 13.8. The van der Waals surface area contributed by atoms with E-state index in [4.69, 9.17) is 4.74 Å². The van der Waals surface area contributed by atoms with Crippen LogP contribution < -0.4 is 10.1 Å². The van der Waals surface area contributed by atoms with Crippen molar-refractivity contribution in [3.8, 4) is 16.3 Å². The predicted molar refractivity (Wildman–Crippen MR) is 112 cm³/mol. The van der Waals surface area contributed by atoms with Crippen molar-refractivity contribution in [1.29, 1.82) is 0 Å². The molecule has 4 aromatic rings. The summed E-state index contributed by atoms with van der Waals surface area (Å²) in [7, 11) is 0. The van der Waals surface area contributed by atoms with Crippen molar-refractivity contribution in [2.24, 2.45) is 0 Å². The van der Waals surface area contributed by atoms with Crippen molar-refractivity contribution in [3.63, 3.8) is 0 Å². The van der Waals surface area contributed by atoms with E-state index in [1.807, 2.05) is 60.7 Å². The summed E-state index contributed by atoms with van der Waals surface area (Å²) in [6.45, 7) is 1.05. The highest BCUT2D eigenvalue weighted by molar-refractivity contribution is 7.16. The first-order valence-electron chi connectivity index (χ1n) is 9.07. The van der Waals surface area contributed by atoms with E-state index in [2.05, 4.69) is 15.3 Å². The highest BCUT2D eigenvalue weighted by Gasteiger charge is 2.11. The Morgan fingerprint density at radius 1 is 1.00 bits per heavy atom. The summed E-state index contributed by atoms with van der Waals surface area (Å²) in [5.74, 6) is 0.658. The quantitative estimate of drug-likeness (QED) is 0.471. The Balaban J connectivity index is 1.26. The van der Waals surface area contributed by atoms with E-state index in [0.29, 0.717) is 24.4 Å². The van der Waals surface area contributed by atoms with Crippen molar-refractivity contribution in [2.75, 3.05) is 13.2 Å². The molecule has 28 heavy (non-hydrogen) atoms. The standard InChI is InChI=1S/C22H19N3O2S/c26-21(19-15-25-22(28-19)17-7-2-1-3-8-17)24-13-6-14-27-18-11-4-9-16-10-5-12-23-20(16)18/h1-5,7-12,15H,6,13-14H2,(H,24,26). The third kappa shape index (κ3) is 4.18. The van der Waals surface area contributed by atoms with Gasteiger partial charge in [-0.15, -0.1) is 11.3 Å². The van der Waals surface area contributed by atoms with Crippen molar-refractivity contribution >= 4 is 28.1 Å². The lowest BCUT2D eigenvalue weighted by atomic mass is 10.2. The van der Waals surface area contributed by atoms with Gasteiger partial charge < -0.3 is 10.1 Å². The molecule has 2 aromatic carbocycles. The maximum atomic E-state index is 12.3. The number of nitrogens with one attached hydrogen (secondary N) is 1. The molecule has 2 heterocycles. The second-order valence-electron chi connectivity index (χ2n) is 6.18. The van der Waals surface area contributed by atoms with Crippen LogP contribution in [0.2, 0.25) is 0 Å². The second kappa shape index (κ2) is 8.63. The number of pyridine rings is 1. The smallest absolute Gasteiger partial charge is 0.263 e. The Labute approximate surface area is 167 Å². The summed E-state index contributed by atoms with van der Waals surface area (Å²) in [5.41, 5.74) is 1.87. The van der Waals surface area contributed by atoms with Crippen LogP contribution in [0.4, 0.5) is 0 Å². The molecule has 5 nitrogen and oxygen atoms in total. The van der Waals surface area contributed by atoms with E-state index < -0.39 is 0 Å². The van der Waals surface area contributed by atoms with Crippen LogP contribution in [-0.2, 0) is 0 Å². The van der Waals surface area contributed by atoms with Gasteiger partial charge in [0, 0.05) is 23.7 Å². The van der Waals surface area contributed by atoms with Gasteiger partial charge in [-0.1, -0.05) is 48.5 Å². The summed E-state index contributed by atoms with van der Waals surface area (Å²) >= 11 is 1.39. The molecule has 1 amide bonds. The van der Waals surface area contributed by atoms with Gasteiger partial charge in [0.1, 0.15) is 21.2 Å². The zero-order valence-electron chi connectivity index (χ0n) is 15.2. The van der Waals surface area contributed by atoms with E-state index in [9.17, 15) is 4.79 Å². The molecule has 6 heteroatoms. The molecule has 4 rings (SSSR count). The predicted octanol–water partition coefficient (Wildman–Crippen LogP) is 4.56. The number of carbonyl (C=O) groups is 1. The Morgan fingerprint density at radius 3 is 2.75 bits per heavy atom. The molecule has 0 unspecified atom stereocenters. The zero-order chi connectivity index (χ0) is 19.2. The molecule has 0 aliphatic heterocycles. The SMILES string of the molecule is O=C(NCCCOc1cccc2cccnc12)c1cnc(-c2ccccc2)s1. The minimum atomic E-state index is -0.105. The minimum Gasteiger partial charge on any atom is -0.491 e. The van der Waals surface area contributed by atoms with Gasteiger partial charge in [-0.2, -0.15) is 0 Å². The van der Waals surface area contributed by atoms with Crippen molar-refractivity contribution in [3.05, 3.63) is 77.9 Å². The summed E-state index contributed by atoms with van der Waals surface area (Å²) in [4.78, 5) is 21.6. The topological polar surface area (TPSA) is 64.1 Å². The molecule has 0 saturated carbocycles. The number of ether oxygens (including phenoxy) is 1. The van der Waals surface area contributed by atoms with Crippen LogP contribution in [0.3, 0.4) is 0 Å². The van der Waals surface area contributed by atoms with Gasteiger partial charge in [-0.25, -0.2) is 4.98 Å². The van der Waals surface area contributed by atoms with E-state index in [1.165, 1.54) is 11.3 Å². The third-order valence-corrected chi connectivity index (χ3v) is 5.26. The number of amides is 1. The van der Waals surface area contributed by atoms with Crippen LogP contribution in [0.1, 0.15) is 16.1 Å². The van der Waals surface area contributed by atoms with E-state index in [0.717, 1.165) is 27.2 Å². The average molecular weight is 389 g/mol. The largest absolute Gasteiger partial charge is 0.491 e. The second-order valence-corrected chi connectivity index (χ2v) is 7.22. The Morgan fingerprint density at radius 2 is 1.86 bits per heavy atom. The van der Waals surface area contributed by atoms with E-state index in [-0.39, 0.29) is 5.91 Å². The highest BCUT2D eigenvalue weighted by atomic mass is 32.1. The lowest BCUT2D eigenvalue weighted by molar-refractivity contribution is 0.0955. The number of thiazole rings is 1. The molecule has 0 bridgehead atoms. The van der Waals surface area contributed by atoms with Crippen molar-refractivity contribution in [2.45, 2.75) is 6.42 Å². The van der Waals surface area contributed by atoms with Crippen LogP contribution in [-0.4, -0.2) is 29.0 Å². The highest BCUT2D eigenvalue weighted by Crippen LogP contribution is 2.25. The molecular formula is C22H19N3O2S. The van der Waals surface area contributed by atoms with Gasteiger partial charge >= 0.3 is 0 Å². The van der Waals surface area contributed by atoms with Gasteiger partial charge in [0.25, 0.3) is 5.91 Å². The summed E-state index contributed by atoms with van der Waals surface area (Å²) < 4.78 is 5.85. The monoisotopic (exact) mass is 389 g/mol. The lowest BCUT2D eigenvalue weighted by Gasteiger charge is -2.09. The number of para-hydroxylation sites is 1. The minimum absolute atomic E-state index is 0.105. The van der Waals surface area contributed by atoms with Gasteiger partial charge in [0.2, 0.25) is 0 Å². The molecule has 140 valence electrons. The molecular weight excluding hydrogens is 370 g/mol. The van der Waals surface area contributed by atoms with Crippen LogP contribution in [0.25, 0.3) is 21.5 Å². The number of rotatable bonds is 7. The fraction of sp³-hybridized carbons (Fsp3) is 0.136. The summed E-state index contributed by atoms with van der Waals surface area (Å²) in [6, 6.07) is 19.6. The number of carbonyl (C=O) groups excluding carboxylic acids is 1. The Kier molecular flexibility index (Phi) is 5.58. The lowest BCUT2D eigenvalue weighted by Crippen LogP contribution is -2.24. The molecule has 0 aliphatic carbocycles. The van der Waals surface area contributed by atoms with Gasteiger partial charge in [0.05, 0.1) is 12.8 Å². The van der Waals surface area contributed by atoms with E-state index >= 15 is 0 Å². The zero-order valence-corrected chi connectivity index (χ0v) is 16.0. The molecule has 0 saturated heterocycles. The Bertz CT molecular complexity index is 1070. The van der Waals surface area contributed by atoms with Crippen LogP contribution in [0.5, 0.6) is 5.75 Å². The van der Waals surface area contributed by atoms with Crippen LogP contribution in [0, 0.1) is 0 Å². The number of hydrogen-bond acceptors (Lipinski definition) is 5. The van der Waals surface area contributed by atoms with Gasteiger partial charge in [0.15, 0.2) is 0 Å². The molecule has 0 atom stereocenters. The number of fused-ring (bicyclic) bond motifs is 1. The molecule has 0 aliphatic rings. The van der Waals surface area contributed by atoms with Crippen LogP contribution >= 0.6 is 11.3 Å². The number of benzene rings is 2. The third-order valence-electron chi connectivity index (χ3n) is 4.21. The summed E-state index contributed by atoms with van der Waals surface area (Å²) in [6.07, 6.45) is 4.09. The fourth-order valence-electron chi connectivity index (χ4n) is 2.83. The Hall–Kier alpha value is -3.25. The molecule has 0 fully saturated rings. The fourth-order valence-corrected chi connectivity index (χ4v) is 3.67. The van der Waals surface area contributed by atoms with Gasteiger partial charge in [-0.3, -0.25) is 9.78 Å². The average Bonchev–Trinajstić information content (AvgIpc) is 3.25. The number of nitrogens with zero attached hydrogens (tertiary/aromatic N) is 2. The van der Waals surface area contributed by atoms with E-state index in [1.54, 1.807) is 12.4 Å².